The number of aliphatic carboxylic acids is 1. The van der Waals surface area contributed by atoms with E-state index in [1.54, 1.807) is 29.2 Å². The fraction of sp³-hybridized carbons (Fsp3) is 0.471. The largest absolute Gasteiger partial charge is 0.480 e. The van der Waals surface area contributed by atoms with Crippen LogP contribution in [0.5, 0.6) is 0 Å². The molecule has 0 aliphatic carbocycles. The van der Waals surface area contributed by atoms with Crippen molar-refractivity contribution < 1.29 is 19.5 Å². The Labute approximate surface area is 135 Å². The molecule has 1 N–H and O–H groups in total. The average molecular weight is 318 g/mol. The maximum atomic E-state index is 12.5. The lowest BCUT2D eigenvalue weighted by Gasteiger charge is -2.23. The minimum Gasteiger partial charge on any atom is -0.480 e. The quantitative estimate of drug-likeness (QED) is 0.870. The van der Waals surface area contributed by atoms with Gasteiger partial charge in [-0.25, -0.2) is 0 Å². The first kappa shape index (κ1) is 17.0. The average Bonchev–Trinajstić information content (AvgIpc) is 2.91. The fourth-order valence-electron chi connectivity index (χ4n) is 2.71. The maximum Gasteiger partial charge on any atom is 0.323 e. The lowest BCUT2D eigenvalue weighted by Crippen LogP contribution is -2.38. The van der Waals surface area contributed by atoms with Gasteiger partial charge in [-0.15, -0.1) is 0 Å². The van der Waals surface area contributed by atoms with Crippen LogP contribution >= 0.6 is 0 Å². The van der Waals surface area contributed by atoms with Crippen molar-refractivity contribution in [3.05, 3.63) is 29.8 Å². The van der Waals surface area contributed by atoms with Gasteiger partial charge in [0.05, 0.1) is 0 Å². The zero-order chi connectivity index (χ0) is 17.0. The molecular formula is C17H22N2O4. The molecule has 1 aromatic rings. The molecule has 1 fully saturated rings. The molecule has 0 atom stereocenters. The molecule has 0 radical (unpaired) electrons. The van der Waals surface area contributed by atoms with E-state index in [1.165, 1.54) is 4.90 Å². The van der Waals surface area contributed by atoms with Crippen molar-refractivity contribution in [3.8, 4) is 0 Å². The van der Waals surface area contributed by atoms with E-state index in [0.29, 0.717) is 25.1 Å². The van der Waals surface area contributed by atoms with Crippen molar-refractivity contribution in [2.24, 2.45) is 5.92 Å². The molecule has 6 heteroatoms. The Kier molecular flexibility index (Phi) is 5.36. The third kappa shape index (κ3) is 4.31. The third-order valence-electron chi connectivity index (χ3n) is 3.70. The van der Waals surface area contributed by atoms with Crippen LogP contribution < -0.4 is 4.90 Å². The second-order valence-electron chi connectivity index (χ2n) is 6.17. The summed E-state index contributed by atoms with van der Waals surface area (Å²) in [5.41, 5.74) is 1.21. The molecule has 0 bridgehead atoms. The van der Waals surface area contributed by atoms with Crippen LogP contribution in [0.3, 0.4) is 0 Å². The number of benzene rings is 1. The van der Waals surface area contributed by atoms with Gasteiger partial charge in [0.15, 0.2) is 0 Å². The lowest BCUT2D eigenvalue weighted by molar-refractivity contribution is -0.137. The molecule has 0 aromatic heterocycles. The fourth-order valence-corrected chi connectivity index (χ4v) is 2.71. The van der Waals surface area contributed by atoms with E-state index in [9.17, 15) is 14.4 Å². The molecule has 23 heavy (non-hydrogen) atoms. The summed E-state index contributed by atoms with van der Waals surface area (Å²) in [6.07, 6.45) is 1.40. The highest BCUT2D eigenvalue weighted by atomic mass is 16.4. The molecule has 1 aromatic carbocycles. The summed E-state index contributed by atoms with van der Waals surface area (Å²) in [7, 11) is 0. The van der Waals surface area contributed by atoms with Crippen molar-refractivity contribution >= 4 is 23.5 Å². The van der Waals surface area contributed by atoms with Gasteiger partial charge in [0.2, 0.25) is 5.91 Å². The Balaban J connectivity index is 2.14. The summed E-state index contributed by atoms with van der Waals surface area (Å²) in [5.74, 6) is -1.06. The summed E-state index contributed by atoms with van der Waals surface area (Å²) in [4.78, 5) is 38.2. The van der Waals surface area contributed by atoms with Crippen molar-refractivity contribution in [3.63, 3.8) is 0 Å². The molecule has 1 saturated heterocycles. The van der Waals surface area contributed by atoms with Crippen molar-refractivity contribution in [2.45, 2.75) is 26.7 Å². The predicted octanol–water partition coefficient (Wildman–Crippen LogP) is 2.00. The molecule has 2 amide bonds. The predicted molar refractivity (Wildman–Crippen MR) is 86.4 cm³/mol. The highest BCUT2D eigenvalue weighted by Gasteiger charge is 2.23. The Bertz CT molecular complexity index is 595. The molecule has 1 heterocycles. The van der Waals surface area contributed by atoms with E-state index in [1.807, 2.05) is 13.8 Å². The monoisotopic (exact) mass is 318 g/mol. The third-order valence-corrected chi connectivity index (χ3v) is 3.70. The van der Waals surface area contributed by atoms with Crippen LogP contribution in [-0.2, 0) is 9.59 Å². The van der Waals surface area contributed by atoms with Crippen LogP contribution in [0, 0.1) is 5.92 Å². The molecule has 1 aliphatic heterocycles. The SMILES string of the molecule is CC(C)CN(CC(=O)O)C(=O)c1ccc(N2CCCC2=O)cc1. The second-order valence-corrected chi connectivity index (χ2v) is 6.17. The molecule has 0 saturated carbocycles. The van der Waals surface area contributed by atoms with Gasteiger partial charge in [-0.1, -0.05) is 13.8 Å². The van der Waals surface area contributed by atoms with Crippen LogP contribution in [0.25, 0.3) is 0 Å². The van der Waals surface area contributed by atoms with Gasteiger partial charge < -0.3 is 14.9 Å². The zero-order valence-corrected chi connectivity index (χ0v) is 13.5. The Morgan fingerprint density at radius 3 is 2.39 bits per heavy atom. The number of hydrogen-bond acceptors (Lipinski definition) is 3. The number of nitrogens with zero attached hydrogens (tertiary/aromatic N) is 2. The van der Waals surface area contributed by atoms with Crippen LogP contribution in [0.2, 0.25) is 0 Å². The van der Waals surface area contributed by atoms with E-state index in [0.717, 1.165) is 12.1 Å². The number of amides is 2. The molecule has 0 spiro atoms. The molecule has 6 nitrogen and oxygen atoms in total. The zero-order valence-electron chi connectivity index (χ0n) is 13.5. The maximum absolute atomic E-state index is 12.5. The number of carboxylic acids is 1. The van der Waals surface area contributed by atoms with E-state index in [4.69, 9.17) is 5.11 Å². The molecule has 2 rings (SSSR count). The molecule has 124 valence electrons. The first-order chi connectivity index (χ1) is 10.9. The number of carbonyl (C=O) groups excluding carboxylic acids is 2. The first-order valence-electron chi connectivity index (χ1n) is 7.80. The van der Waals surface area contributed by atoms with Gasteiger partial charge in [-0.3, -0.25) is 14.4 Å². The number of carboxylic acid groups (broad SMARTS) is 1. The van der Waals surface area contributed by atoms with Crippen LogP contribution in [-0.4, -0.2) is 47.4 Å². The Hall–Kier alpha value is -2.37. The van der Waals surface area contributed by atoms with Crippen LogP contribution in [0.4, 0.5) is 5.69 Å². The summed E-state index contributed by atoms with van der Waals surface area (Å²) < 4.78 is 0. The van der Waals surface area contributed by atoms with Gasteiger partial charge >= 0.3 is 5.97 Å². The van der Waals surface area contributed by atoms with Crippen LogP contribution in [0.1, 0.15) is 37.0 Å². The highest BCUT2D eigenvalue weighted by Crippen LogP contribution is 2.22. The van der Waals surface area contributed by atoms with E-state index in [-0.39, 0.29) is 24.3 Å². The first-order valence-corrected chi connectivity index (χ1v) is 7.80. The summed E-state index contributed by atoms with van der Waals surface area (Å²) in [6.45, 7) is 4.64. The number of rotatable bonds is 6. The normalized spacial score (nSPS) is 14.4. The number of anilines is 1. The van der Waals surface area contributed by atoms with E-state index < -0.39 is 5.97 Å². The molecular weight excluding hydrogens is 296 g/mol. The van der Waals surface area contributed by atoms with Gasteiger partial charge in [0, 0.05) is 30.8 Å². The topological polar surface area (TPSA) is 77.9 Å². The van der Waals surface area contributed by atoms with Crippen molar-refractivity contribution in [1.82, 2.24) is 4.90 Å². The smallest absolute Gasteiger partial charge is 0.323 e. The minimum atomic E-state index is -1.03. The molecule has 1 aliphatic rings. The number of carbonyl (C=O) groups is 3. The van der Waals surface area contributed by atoms with E-state index >= 15 is 0 Å². The van der Waals surface area contributed by atoms with Crippen molar-refractivity contribution in [2.75, 3.05) is 24.5 Å². The second kappa shape index (κ2) is 7.26. The van der Waals surface area contributed by atoms with Crippen molar-refractivity contribution in [1.29, 1.82) is 0 Å². The van der Waals surface area contributed by atoms with Gasteiger partial charge in [-0.05, 0) is 36.6 Å². The van der Waals surface area contributed by atoms with E-state index in [2.05, 4.69) is 0 Å². The lowest BCUT2D eigenvalue weighted by atomic mass is 10.1. The van der Waals surface area contributed by atoms with Crippen LogP contribution in [0.15, 0.2) is 24.3 Å². The van der Waals surface area contributed by atoms with Gasteiger partial charge in [-0.2, -0.15) is 0 Å². The molecule has 0 unspecified atom stereocenters. The highest BCUT2D eigenvalue weighted by molar-refractivity contribution is 5.98. The van der Waals surface area contributed by atoms with Gasteiger partial charge in [0.25, 0.3) is 5.91 Å². The Morgan fingerprint density at radius 2 is 1.91 bits per heavy atom. The minimum absolute atomic E-state index is 0.0939. The standard InChI is InChI=1S/C17H22N2O4/c1-12(2)10-18(11-16(21)22)17(23)13-5-7-14(8-6-13)19-9-3-4-15(19)20/h5-8,12H,3-4,9-11H2,1-2H3,(H,21,22). The number of hydrogen-bond donors (Lipinski definition) is 1. The summed E-state index contributed by atoms with van der Waals surface area (Å²) in [6, 6.07) is 6.78. The summed E-state index contributed by atoms with van der Waals surface area (Å²) >= 11 is 0. The Morgan fingerprint density at radius 1 is 1.26 bits per heavy atom. The summed E-state index contributed by atoms with van der Waals surface area (Å²) in [5, 5.41) is 8.97. The van der Waals surface area contributed by atoms with Gasteiger partial charge in [0.1, 0.15) is 6.54 Å².